The van der Waals surface area contributed by atoms with Gasteiger partial charge in [-0.25, -0.2) is 4.98 Å². The topological polar surface area (TPSA) is 71.1 Å². The standard InChI is InChI=1S/C19H18ClN3O2S/c1-23-18-10-14(20)4-7-17(18)22-19(23)26-12-15(24)11-25-16-5-2-13(3-6-16)8-9-21/h2-7,10,15,24H,8,11-12H2,1H3. The molecule has 0 spiro atoms. The molecule has 1 unspecified atom stereocenters. The molecule has 2 aromatic carbocycles. The Morgan fingerprint density at radius 2 is 2.08 bits per heavy atom. The first kappa shape index (κ1) is 18.6. The van der Waals surface area contributed by atoms with E-state index in [1.165, 1.54) is 11.8 Å². The van der Waals surface area contributed by atoms with Crippen molar-refractivity contribution < 1.29 is 9.84 Å². The smallest absolute Gasteiger partial charge is 0.168 e. The van der Waals surface area contributed by atoms with E-state index in [4.69, 9.17) is 21.6 Å². The van der Waals surface area contributed by atoms with Gasteiger partial charge < -0.3 is 14.4 Å². The summed E-state index contributed by atoms with van der Waals surface area (Å²) < 4.78 is 7.57. The Morgan fingerprint density at radius 1 is 1.31 bits per heavy atom. The van der Waals surface area contributed by atoms with Crippen molar-refractivity contribution in [1.82, 2.24) is 9.55 Å². The minimum absolute atomic E-state index is 0.195. The number of ether oxygens (including phenoxy) is 1. The van der Waals surface area contributed by atoms with Crippen LogP contribution in [0.25, 0.3) is 11.0 Å². The van der Waals surface area contributed by atoms with Crippen LogP contribution in [0.1, 0.15) is 5.56 Å². The molecule has 5 nitrogen and oxygen atoms in total. The van der Waals surface area contributed by atoms with Crippen LogP contribution in [-0.2, 0) is 13.5 Å². The third-order valence-electron chi connectivity index (χ3n) is 3.86. The lowest BCUT2D eigenvalue weighted by molar-refractivity contribution is 0.126. The second kappa shape index (κ2) is 8.45. The number of rotatable bonds is 7. The molecule has 1 atom stereocenters. The van der Waals surface area contributed by atoms with Gasteiger partial charge in [0.25, 0.3) is 0 Å². The van der Waals surface area contributed by atoms with E-state index in [0.717, 1.165) is 21.8 Å². The molecule has 3 rings (SSSR count). The van der Waals surface area contributed by atoms with Gasteiger partial charge >= 0.3 is 0 Å². The average molecular weight is 388 g/mol. The highest BCUT2D eigenvalue weighted by Crippen LogP contribution is 2.25. The van der Waals surface area contributed by atoms with Crippen molar-refractivity contribution in [3.63, 3.8) is 0 Å². The Balaban J connectivity index is 1.53. The molecular weight excluding hydrogens is 370 g/mol. The Labute approximate surface area is 161 Å². The van der Waals surface area contributed by atoms with Crippen molar-refractivity contribution >= 4 is 34.4 Å². The van der Waals surface area contributed by atoms with Crippen LogP contribution in [-0.4, -0.2) is 33.1 Å². The van der Waals surface area contributed by atoms with E-state index in [9.17, 15) is 5.11 Å². The minimum Gasteiger partial charge on any atom is -0.491 e. The zero-order valence-corrected chi connectivity index (χ0v) is 15.8. The molecule has 0 bridgehead atoms. The molecular formula is C19H18ClN3O2S. The average Bonchev–Trinajstić information content (AvgIpc) is 2.95. The van der Waals surface area contributed by atoms with Crippen molar-refractivity contribution in [2.75, 3.05) is 12.4 Å². The number of benzene rings is 2. The lowest BCUT2D eigenvalue weighted by Crippen LogP contribution is -2.20. The predicted octanol–water partition coefficient (Wildman–Crippen LogP) is 3.82. The van der Waals surface area contributed by atoms with E-state index in [0.29, 0.717) is 22.9 Å². The number of aromatic nitrogens is 2. The molecule has 3 aromatic rings. The second-order valence-corrected chi connectivity index (χ2v) is 7.26. The minimum atomic E-state index is -0.623. The van der Waals surface area contributed by atoms with E-state index in [-0.39, 0.29) is 6.61 Å². The van der Waals surface area contributed by atoms with Gasteiger partial charge in [0.05, 0.1) is 29.6 Å². The first-order valence-corrected chi connectivity index (χ1v) is 9.44. The third-order valence-corrected chi connectivity index (χ3v) is 5.27. The number of nitrogens with zero attached hydrogens (tertiary/aromatic N) is 3. The van der Waals surface area contributed by atoms with Gasteiger partial charge in [0.1, 0.15) is 12.4 Å². The fraction of sp³-hybridized carbons (Fsp3) is 0.263. The van der Waals surface area contributed by atoms with Gasteiger partial charge in [-0.1, -0.05) is 35.5 Å². The molecule has 26 heavy (non-hydrogen) atoms. The second-order valence-electron chi connectivity index (χ2n) is 5.84. The monoisotopic (exact) mass is 387 g/mol. The summed E-state index contributed by atoms with van der Waals surface area (Å²) >= 11 is 7.51. The summed E-state index contributed by atoms with van der Waals surface area (Å²) in [5, 5.41) is 20.3. The Kier molecular flexibility index (Phi) is 6.04. The summed E-state index contributed by atoms with van der Waals surface area (Å²) in [7, 11) is 1.93. The van der Waals surface area contributed by atoms with Crippen molar-refractivity contribution in [3.05, 3.63) is 53.1 Å². The van der Waals surface area contributed by atoms with Crippen LogP contribution in [0, 0.1) is 11.3 Å². The fourth-order valence-electron chi connectivity index (χ4n) is 2.48. The number of hydrogen-bond donors (Lipinski definition) is 1. The first-order chi connectivity index (χ1) is 12.6. The number of halogens is 1. The maximum absolute atomic E-state index is 10.2. The summed E-state index contributed by atoms with van der Waals surface area (Å²) in [5.41, 5.74) is 2.78. The van der Waals surface area contributed by atoms with Crippen LogP contribution < -0.4 is 4.74 Å². The maximum Gasteiger partial charge on any atom is 0.168 e. The number of hydrogen-bond acceptors (Lipinski definition) is 5. The summed E-state index contributed by atoms with van der Waals surface area (Å²) in [6.07, 6.45) is -0.245. The van der Waals surface area contributed by atoms with Gasteiger partial charge in [-0.3, -0.25) is 0 Å². The van der Waals surface area contributed by atoms with Crippen LogP contribution in [0.3, 0.4) is 0 Å². The van der Waals surface area contributed by atoms with Crippen molar-refractivity contribution in [2.45, 2.75) is 17.7 Å². The highest BCUT2D eigenvalue weighted by molar-refractivity contribution is 7.99. The molecule has 0 radical (unpaired) electrons. The first-order valence-electron chi connectivity index (χ1n) is 8.08. The zero-order valence-electron chi connectivity index (χ0n) is 14.2. The number of fused-ring (bicyclic) bond motifs is 1. The van der Waals surface area contributed by atoms with Crippen molar-refractivity contribution in [2.24, 2.45) is 7.05 Å². The SMILES string of the molecule is Cn1c(SCC(O)COc2ccc(CC#N)cc2)nc2ccc(Cl)cc21. The quantitative estimate of drug-likeness (QED) is 0.624. The highest BCUT2D eigenvalue weighted by atomic mass is 35.5. The molecule has 1 N–H and O–H groups in total. The normalized spacial score (nSPS) is 12.1. The van der Waals surface area contributed by atoms with E-state index < -0.39 is 6.10 Å². The molecule has 0 saturated heterocycles. The molecule has 0 aliphatic heterocycles. The highest BCUT2D eigenvalue weighted by Gasteiger charge is 2.12. The van der Waals surface area contributed by atoms with Crippen LogP contribution in [0.2, 0.25) is 5.02 Å². The summed E-state index contributed by atoms with van der Waals surface area (Å²) in [4.78, 5) is 4.56. The molecule has 0 amide bonds. The molecule has 0 saturated carbocycles. The number of nitriles is 1. The predicted molar refractivity (Wildman–Crippen MR) is 104 cm³/mol. The van der Waals surface area contributed by atoms with Gasteiger partial charge in [-0.2, -0.15) is 5.26 Å². The molecule has 0 aliphatic rings. The van der Waals surface area contributed by atoms with Crippen LogP contribution in [0.5, 0.6) is 5.75 Å². The van der Waals surface area contributed by atoms with Crippen LogP contribution >= 0.6 is 23.4 Å². The van der Waals surface area contributed by atoms with Gasteiger partial charge in [0, 0.05) is 17.8 Å². The van der Waals surface area contributed by atoms with E-state index in [1.54, 1.807) is 0 Å². The molecule has 1 heterocycles. The largest absolute Gasteiger partial charge is 0.491 e. The Morgan fingerprint density at radius 3 is 2.81 bits per heavy atom. The van der Waals surface area contributed by atoms with Crippen molar-refractivity contribution in [1.29, 1.82) is 5.26 Å². The number of aliphatic hydroxyl groups excluding tert-OH is 1. The van der Waals surface area contributed by atoms with Gasteiger partial charge in [-0.05, 0) is 35.9 Å². The third kappa shape index (κ3) is 4.50. The van der Waals surface area contributed by atoms with Crippen molar-refractivity contribution in [3.8, 4) is 11.8 Å². The van der Waals surface area contributed by atoms with Gasteiger partial charge in [0.15, 0.2) is 5.16 Å². The molecule has 134 valence electrons. The molecule has 1 aromatic heterocycles. The Bertz CT molecular complexity index is 934. The van der Waals surface area contributed by atoms with E-state index in [2.05, 4.69) is 11.1 Å². The number of aliphatic hydroxyl groups is 1. The summed E-state index contributed by atoms with van der Waals surface area (Å²) in [6.45, 7) is 0.195. The Hall–Kier alpha value is -2.20. The van der Waals surface area contributed by atoms with Crippen LogP contribution in [0.15, 0.2) is 47.6 Å². The van der Waals surface area contributed by atoms with Gasteiger partial charge in [0.2, 0.25) is 0 Å². The van der Waals surface area contributed by atoms with Crippen LogP contribution in [0.4, 0.5) is 0 Å². The van der Waals surface area contributed by atoms with E-state index >= 15 is 0 Å². The number of thioether (sulfide) groups is 1. The van der Waals surface area contributed by atoms with Gasteiger partial charge in [-0.15, -0.1) is 0 Å². The fourth-order valence-corrected chi connectivity index (χ4v) is 3.53. The summed E-state index contributed by atoms with van der Waals surface area (Å²) in [5.74, 6) is 1.14. The molecule has 0 aliphatic carbocycles. The number of imidazole rings is 1. The summed E-state index contributed by atoms with van der Waals surface area (Å²) in [6, 6.07) is 15.0. The molecule has 7 heteroatoms. The van der Waals surface area contributed by atoms with E-state index in [1.807, 2.05) is 54.1 Å². The lowest BCUT2D eigenvalue weighted by atomic mass is 10.2. The molecule has 0 fully saturated rings. The lowest BCUT2D eigenvalue weighted by Gasteiger charge is -2.12. The zero-order chi connectivity index (χ0) is 18.5. The maximum atomic E-state index is 10.2. The number of aryl methyl sites for hydroxylation is 1.